The number of aromatic nitrogens is 1. The number of hydrogen-bond donors (Lipinski definition) is 2. The summed E-state index contributed by atoms with van der Waals surface area (Å²) in [5.74, 6) is -1.72. The Kier molecular flexibility index (Phi) is 6.69. The van der Waals surface area contributed by atoms with Crippen molar-refractivity contribution in [2.45, 2.75) is 31.6 Å². The molecule has 0 radical (unpaired) electrons. The van der Waals surface area contributed by atoms with E-state index < -0.39 is 35.9 Å². The summed E-state index contributed by atoms with van der Waals surface area (Å²) in [6, 6.07) is 10.3. The van der Waals surface area contributed by atoms with Gasteiger partial charge in [0.15, 0.2) is 0 Å². The van der Waals surface area contributed by atoms with E-state index in [2.05, 4.69) is 5.32 Å². The van der Waals surface area contributed by atoms with Crippen LogP contribution >= 0.6 is 11.6 Å². The number of para-hydroxylation sites is 1. The highest BCUT2D eigenvalue weighted by molar-refractivity contribution is 6.30. The van der Waals surface area contributed by atoms with Crippen molar-refractivity contribution in [3.63, 3.8) is 0 Å². The quantitative estimate of drug-likeness (QED) is 0.554. The minimum Gasteiger partial charge on any atom is -0.350 e. The van der Waals surface area contributed by atoms with Crippen LogP contribution in [0.15, 0.2) is 48.7 Å². The Labute approximate surface area is 198 Å². The number of alkyl halides is 1. The van der Waals surface area contributed by atoms with Gasteiger partial charge in [-0.3, -0.25) is 9.59 Å². The van der Waals surface area contributed by atoms with Crippen LogP contribution in [0, 0.1) is 5.82 Å². The lowest BCUT2D eigenvalue weighted by Crippen LogP contribution is -2.46. The molecular formula is C23H21ClF2N4O4. The third kappa shape index (κ3) is 4.81. The first-order valence-electron chi connectivity index (χ1n) is 10.5. The summed E-state index contributed by atoms with van der Waals surface area (Å²) in [5.41, 5.74) is 6.32. The number of fused-ring (bicyclic) bond motifs is 1. The Morgan fingerprint density at radius 3 is 2.68 bits per heavy atom. The molecule has 0 spiro atoms. The number of halogens is 3. The predicted octanol–water partition coefficient (Wildman–Crippen LogP) is 2.74. The molecule has 3 aromatic rings. The topological polar surface area (TPSA) is 107 Å². The van der Waals surface area contributed by atoms with Crippen LogP contribution in [0.5, 0.6) is 0 Å². The summed E-state index contributed by atoms with van der Waals surface area (Å²) in [4.78, 5) is 43.2. The lowest BCUT2D eigenvalue weighted by atomic mass is 10.1. The monoisotopic (exact) mass is 490 g/mol. The number of carbonyl (C=O) groups excluding carboxylic acids is 3. The molecule has 4 rings (SSSR count). The van der Waals surface area contributed by atoms with E-state index in [4.69, 9.17) is 22.2 Å². The smallest absolute Gasteiger partial charge is 0.350 e. The number of nitrogens with zero attached hydrogens (tertiary/aromatic N) is 2. The number of rotatable bonds is 6. The molecule has 3 amide bonds. The van der Waals surface area contributed by atoms with Crippen molar-refractivity contribution < 1.29 is 28.0 Å². The fourth-order valence-corrected chi connectivity index (χ4v) is 4.28. The highest BCUT2D eigenvalue weighted by Gasteiger charge is 2.39. The Balaban J connectivity index is 1.49. The highest BCUT2D eigenvalue weighted by Crippen LogP contribution is 2.26. The van der Waals surface area contributed by atoms with Gasteiger partial charge in [-0.25, -0.2) is 13.6 Å². The zero-order valence-corrected chi connectivity index (χ0v) is 18.6. The van der Waals surface area contributed by atoms with Crippen molar-refractivity contribution in [1.29, 1.82) is 0 Å². The minimum atomic E-state index is -1.37. The van der Waals surface area contributed by atoms with E-state index in [-0.39, 0.29) is 36.5 Å². The van der Waals surface area contributed by atoms with E-state index in [9.17, 15) is 23.2 Å². The van der Waals surface area contributed by atoms with E-state index in [0.29, 0.717) is 16.5 Å². The average molecular weight is 491 g/mol. The van der Waals surface area contributed by atoms with Crippen LogP contribution in [0.3, 0.4) is 0 Å². The minimum absolute atomic E-state index is 0.0762. The molecule has 11 heteroatoms. The van der Waals surface area contributed by atoms with Crippen LogP contribution in [0.25, 0.3) is 10.9 Å². The second-order valence-electron chi connectivity index (χ2n) is 7.91. The number of benzene rings is 2. The molecule has 8 nitrogen and oxygen atoms in total. The van der Waals surface area contributed by atoms with Gasteiger partial charge in [0.25, 0.3) is 0 Å². The molecule has 1 aliphatic heterocycles. The molecule has 1 fully saturated rings. The molecule has 34 heavy (non-hydrogen) atoms. The molecule has 0 bridgehead atoms. The van der Waals surface area contributed by atoms with E-state index in [1.54, 1.807) is 30.3 Å². The molecule has 2 aromatic carbocycles. The largest absolute Gasteiger partial charge is 0.429 e. The lowest BCUT2D eigenvalue weighted by molar-refractivity contribution is -0.138. The summed E-state index contributed by atoms with van der Waals surface area (Å²) in [5, 5.41) is 3.13. The molecule has 3 N–H and O–H groups in total. The van der Waals surface area contributed by atoms with Crippen molar-refractivity contribution in [1.82, 2.24) is 14.9 Å². The number of nitrogens with one attached hydrogen (secondary N) is 1. The lowest BCUT2D eigenvalue weighted by Gasteiger charge is -2.23. The second kappa shape index (κ2) is 9.68. The van der Waals surface area contributed by atoms with Crippen LogP contribution in [-0.4, -0.2) is 46.3 Å². The van der Waals surface area contributed by atoms with Gasteiger partial charge in [-0.1, -0.05) is 41.9 Å². The predicted molar refractivity (Wildman–Crippen MR) is 120 cm³/mol. The molecule has 1 saturated heterocycles. The standard InChI is InChI=1S/C23H21ClF2N4O4/c24-17-6-3-4-13(21(17)26)10-28-22(32)19-9-15(25)12-29(19)20(31)8-14-11-30(34-23(27)33)18-7-2-1-5-16(14)18/h1-7,11,15,19H,8-10,12H2,(H2,27,33)(H,28,32)/t15-,19+/m1/s1. The first kappa shape index (κ1) is 23.5. The van der Waals surface area contributed by atoms with Gasteiger partial charge in [-0.05, 0) is 17.7 Å². The second-order valence-corrected chi connectivity index (χ2v) is 8.32. The van der Waals surface area contributed by atoms with E-state index >= 15 is 0 Å². The fourth-order valence-electron chi connectivity index (χ4n) is 4.09. The van der Waals surface area contributed by atoms with Gasteiger partial charge in [-0.2, -0.15) is 4.73 Å². The average Bonchev–Trinajstić information content (AvgIpc) is 3.35. The zero-order chi connectivity index (χ0) is 24.4. The van der Waals surface area contributed by atoms with Crippen LogP contribution in [0.2, 0.25) is 5.02 Å². The summed E-state index contributed by atoms with van der Waals surface area (Å²) in [7, 11) is 0. The van der Waals surface area contributed by atoms with Crippen molar-refractivity contribution in [2.24, 2.45) is 5.73 Å². The Hall–Kier alpha value is -3.66. The molecule has 2 heterocycles. The molecule has 0 saturated carbocycles. The van der Waals surface area contributed by atoms with E-state index in [0.717, 1.165) is 4.73 Å². The van der Waals surface area contributed by atoms with Crippen LogP contribution in [0.4, 0.5) is 13.6 Å². The van der Waals surface area contributed by atoms with Gasteiger partial charge < -0.3 is 20.8 Å². The molecule has 0 unspecified atom stereocenters. The maximum Gasteiger partial charge on any atom is 0.429 e. The van der Waals surface area contributed by atoms with Crippen molar-refractivity contribution in [3.8, 4) is 0 Å². The van der Waals surface area contributed by atoms with Gasteiger partial charge in [0.2, 0.25) is 11.8 Å². The van der Waals surface area contributed by atoms with Crippen LogP contribution in [0.1, 0.15) is 17.5 Å². The zero-order valence-electron chi connectivity index (χ0n) is 17.8. The van der Waals surface area contributed by atoms with E-state index in [1.165, 1.54) is 23.2 Å². The van der Waals surface area contributed by atoms with Crippen molar-refractivity contribution >= 4 is 40.4 Å². The number of amides is 3. The van der Waals surface area contributed by atoms with Gasteiger partial charge in [-0.15, -0.1) is 0 Å². The van der Waals surface area contributed by atoms with Gasteiger partial charge >= 0.3 is 6.09 Å². The third-order valence-corrected chi connectivity index (χ3v) is 5.94. The molecule has 2 atom stereocenters. The van der Waals surface area contributed by atoms with E-state index in [1.807, 2.05) is 0 Å². The molecule has 1 aromatic heterocycles. The molecular weight excluding hydrogens is 470 g/mol. The first-order chi connectivity index (χ1) is 16.2. The number of hydrogen-bond acceptors (Lipinski definition) is 4. The Morgan fingerprint density at radius 1 is 1.15 bits per heavy atom. The van der Waals surface area contributed by atoms with Crippen LogP contribution in [-0.2, 0) is 22.6 Å². The Bertz CT molecular complexity index is 1260. The van der Waals surface area contributed by atoms with Gasteiger partial charge in [0.05, 0.1) is 23.5 Å². The van der Waals surface area contributed by atoms with Crippen LogP contribution < -0.4 is 15.9 Å². The summed E-state index contributed by atoms with van der Waals surface area (Å²) >= 11 is 5.76. The van der Waals surface area contributed by atoms with Gasteiger partial charge in [0, 0.05) is 30.1 Å². The molecule has 1 aliphatic rings. The summed E-state index contributed by atoms with van der Waals surface area (Å²) in [6.07, 6.45) is -1.27. The SMILES string of the molecule is NC(=O)On1cc(CC(=O)N2C[C@H](F)C[C@H]2C(=O)NCc2cccc(Cl)c2F)c2ccccc21. The number of carbonyl (C=O) groups is 3. The fraction of sp³-hybridized carbons (Fsp3) is 0.261. The number of likely N-dealkylation sites (tertiary alicyclic amines) is 1. The van der Waals surface area contributed by atoms with Crippen molar-refractivity contribution in [3.05, 3.63) is 70.6 Å². The maximum absolute atomic E-state index is 14.2. The maximum atomic E-state index is 14.2. The number of nitrogens with two attached hydrogens (primary N) is 1. The summed E-state index contributed by atoms with van der Waals surface area (Å²) < 4.78 is 29.5. The number of primary amides is 1. The molecule has 0 aliphatic carbocycles. The first-order valence-corrected chi connectivity index (χ1v) is 10.8. The van der Waals surface area contributed by atoms with Crippen molar-refractivity contribution in [2.75, 3.05) is 6.54 Å². The van der Waals surface area contributed by atoms with Gasteiger partial charge in [0.1, 0.15) is 18.0 Å². The summed E-state index contributed by atoms with van der Waals surface area (Å²) in [6.45, 7) is -0.391. The normalized spacial score (nSPS) is 17.7. The highest BCUT2D eigenvalue weighted by atomic mass is 35.5. The molecule has 178 valence electrons. The Morgan fingerprint density at radius 2 is 1.91 bits per heavy atom. The third-order valence-electron chi connectivity index (χ3n) is 5.65.